The molecule has 0 saturated carbocycles. The first-order valence-corrected chi connectivity index (χ1v) is 9.77. The highest BCUT2D eigenvalue weighted by atomic mass is 19.4. The van der Waals surface area contributed by atoms with E-state index in [1.54, 1.807) is 12.1 Å². The number of phenolic OH excluding ortho intramolecular Hbond substituents is 2. The molecule has 164 valence electrons. The number of phenols is 2. The van der Waals surface area contributed by atoms with Crippen LogP contribution in [0.3, 0.4) is 0 Å². The summed E-state index contributed by atoms with van der Waals surface area (Å²) >= 11 is 0. The fourth-order valence-electron chi connectivity index (χ4n) is 3.66. The third kappa shape index (κ3) is 3.79. The quantitative estimate of drug-likeness (QED) is 0.363. The van der Waals surface area contributed by atoms with Crippen LogP contribution in [0, 0.1) is 5.82 Å². The molecule has 1 aromatic heterocycles. The molecule has 32 heavy (non-hydrogen) atoms. The van der Waals surface area contributed by atoms with Gasteiger partial charge in [0, 0.05) is 16.7 Å². The molecule has 0 unspecified atom stereocenters. The molecule has 0 aliphatic carbocycles. The van der Waals surface area contributed by atoms with Crippen molar-refractivity contribution >= 4 is 0 Å². The maximum absolute atomic E-state index is 14.2. The van der Waals surface area contributed by atoms with Gasteiger partial charge >= 0.3 is 6.18 Å². The average molecular weight is 442 g/mol. The molecular formula is C24H18F4N2O2. The van der Waals surface area contributed by atoms with E-state index in [2.05, 4.69) is 5.10 Å². The lowest BCUT2D eigenvalue weighted by Crippen LogP contribution is -2.12. The number of para-hydroxylation sites is 1. The number of rotatable bonds is 4. The Hall–Kier alpha value is -3.81. The van der Waals surface area contributed by atoms with Crippen LogP contribution in [0.5, 0.6) is 11.5 Å². The minimum Gasteiger partial charge on any atom is -0.508 e. The summed E-state index contributed by atoms with van der Waals surface area (Å²) in [7, 11) is 0. The molecule has 1 heterocycles. The second kappa shape index (κ2) is 8.03. The van der Waals surface area contributed by atoms with Crippen molar-refractivity contribution < 1.29 is 27.8 Å². The van der Waals surface area contributed by atoms with Crippen molar-refractivity contribution in [3.05, 3.63) is 83.7 Å². The Bertz CT molecular complexity index is 1280. The van der Waals surface area contributed by atoms with Gasteiger partial charge in [-0.1, -0.05) is 19.1 Å². The summed E-state index contributed by atoms with van der Waals surface area (Å²) in [5.74, 6) is -1.42. The molecule has 4 aromatic rings. The summed E-state index contributed by atoms with van der Waals surface area (Å²) in [6, 6.07) is 14.8. The van der Waals surface area contributed by atoms with Crippen molar-refractivity contribution in [1.29, 1.82) is 0 Å². The van der Waals surface area contributed by atoms with E-state index in [0.717, 1.165) is 22.9 Å². The number of hydrogen-bond acceptors (Lipinski definition) is 3. The first-order valence-electron chi connectivity index (χ1n) is 9.77. The third-order valence-corrected chi connectivity index (χ3v) is 5.14. The number of halogens is 4. The van der Waals surface area contributed by atoms with E-state index in [9.17, 15) is 27.8 Å². The van der Waals surface area contributed by atoms with Crippen molar-refractivity contribution in [1.82, 2.24) is 9.78 Å². The molecule has 0 radical (unpaired) electrons. The molecule has 4 nitrogen and oxygen atoms in total. The van der Waals surface area contributed by atoms with Crippen LogP contribution in [0.1, 0.15) is 18.1 Å². The fourth-order valence-corrected chi connectivity index (χ4v) is 3.66. The smallest absolute Gasteiger partial charge is 0.418 e. The Kier molecular flexibility index (Phi) is 5.38. The SMILES string of the molecule is CCc1c(-c2ccc(O)cc2)nn(-c2ccccc2C(F)(F)F)c1-c1ccc(O)c(F)c1. The summed E-state index contributed by atoms with van der Waals surface area (Å²) < 4.78 is 56.7. The van der Waals surface area contributed by atoms with Crippen LogP contribution in [-0.4, -0.2) is 20.0 Å². The third-order valence-electron chi connectivity index (χ3n) is 5.14. The second-order valence-electron chi connectivity index (χ2n) is 7.17. The van der Waals surface area contributed by atoms with Crippen LogP contribution >= 0.6 is 0 Å². The van der Waals surface area contributed by atoms with Gasteiger partial charge in [-0.05, 0) is 61.0 Å². The Morgan fingerprint density at radius 2 is 1.56 bits per heavy atom. The predicted octanol–water partition coefficient (Wildman–Crippen LogP) is 6.34. The van der Waals surface area contributed by atoms with Gasteiger partial charge < -0.3 is 10.2 Å². The predicted molar refractivity (Wildman–Crippen MR) is 112 cm³/mol. The summed E-state index contributed by atoms with van der Waals surface area (Å²) in [6.45, 7) is 1.82. The fraction of sp³-hybridized carbons (Fsp3) is 0.125. The Morgan fingerprint density at radius 1 is 0.906 bits per heavy atom. The molecular weight excluding hydrogens is 424 g/mol. The van der Waals surface area contributed by atoms with E-state index in [0.29, 0.717) is 23.2 Å². The number of hydrogen-bond donors (Lipinski definition) is 2. The van der Waals surface area contributed by atoms with Crippen LogP contribution in [-0.2, 0) is 12.6 Å². The normalized spacial score (nSPS) is 11.7. The van der Waals surface area contributed by atoms with Crippen LogP contribution in [0.15, 0.2) is 66.7 Å². The van der Waals surface area contributed by atoms with E-state index in [1.165, 1.54) is 36.4 Å². The van der Waals surface area contributed by atoms with Crippen LogP contribution in [0.2, 0.25) is 0 Å². The lowest BCUT2D eigenvalue weighted by Gasteiger charge is -2.15. The Morgan fingerprint density at radius 3 is 2.19 bits per heavy atom. The highest BCUT2D eigenvalue weighted by Gasteiger charge is 2.35. The number of aromatic hydroxyl groups is 2. The van der Waals surface area contributed by atoms with Crippen molar-refractivity contribution in [3.8, 4) is 39.7 Å². The zero-order valence-electron chi connectivity index (χ0n) is 16.9. The Balaban J connectivity index is 2.07. The van der Waals surface area contributed by atoms with Crippen molar-refractivity contribution in [2.45, 2.75) is 19.5 Å². The van der Waals surface area contributed by atoms with Gasteiger partial charge in [-0.25, -0.2) is 9.07 Å². The van der Waals surface area contributed by atoms with Gasteiger partial charge in [-0.15, -0.1) is 0 Å². The molecule has 0 bridgehead atoms. The molecule has 0 amide bonds. The molecule has 0 aliphatic heterocycles. The molecule has 3 aromatic carbocycles. The molecule has 0 fully saturated rings. The Labute approximate surface area is 181 Å². The first-order chi connectivity index (χ1) is 15.2. The molecule has 4 rings (SSSR count). The highest BCUT2D eigenvalue weighted by Crippen LogP contribution is 2.40. The minimum absolute atomic E-state index is 0.0366. The maximum atomic E-state index is 14.2. The van der Waals surface area contributed by atoms with Crippen LogP contribution < -0.4 is 0 Å². The zero-order chi connectivity index (χ0) is 23.0. The van der Waals surface area contributed by atoms with Gasteiger partial charge in [0.2, 0.25) is 0 Å². The van der Waals surface area contributed by atoms with E-state index < -0.39 is 23.3 Å². The van der Waals surface area contributed by atoms with E-state index >= 15 is 0 Å². The number of aromatic nitrogens is 2. The molecule has 0 spiro atoms. The van der Waals surface area contributed by atoms with E-state index in [1.807, 2.05) is 6.92 Å². The number of alkyl halides is 3. The average Bonchev–Trinajstić information content (AvgIpc) is 3.15. The van der Waals surface area contributed by atoms with Gasteiger partial charge in [0.05, 0.1) is 22.6 Å². The van der Waals surface area contributed by atoms with Crippen molar-refractivity contribution in [2.75, 3.05) is 0 Å². The van der Waals surface area contributed by atoms with Gasteiger partial charge in [0.25, 0.3) is 0 Å². The van der Waals surface area contributed by atoms with E-state index in [-0.39, 0.29) is 22.7 Å². The summed E-state index contributed by atoms with van der Waals surface area (Å²) in [6.07, 6.45) is -4.24. The van der Waals surface area contributed by atoms with E-state index in [4.69, 9.17) is 0 Å². The van der Waals surface area contributed by atoms with Gasteiger partial charge in [-0.3, -0.25) is 0 Å². The lowest BCUT2D eigenvalue weighted by atomic mass is 9.99. The zero-order valence-corrected chi connectivity index (χ0v) is 16.9. The molecule has 8 heteroatoms. The number of nitrogens with zero attached hydrogens (tertiary/aromatic N) is 2. The molecule has 0 aliphatic rings. The van der Waals surface area contributed by atoms with Gasteiger partial charge in [0.15, 0.2) is 11.6 Å². The van der Waals surface area contributed by atoms with Crippen molar-refractivity contribution in [2.24, 2.45) is 0 Å². The van der Waals surface area contributed by atoms with Gasteiger partial charge in [-0.2, -0.15) is 18.3 Å². The second-order valence-corrected chi connectivity index (χ2v) is 7.17. The molecule has 2 N–H and O–H groups in total. The topological polar surface area (TPSA) is 58.3 Å². The monoisotopic (exact) mass is 442 g/mol. The first kappa shape index (κ1) is 21.4. The minimum atomic E-state index is -4.63. The summed E-state index contributed by atoms with van der Waals surface area (Å²) in [5.41, 5.74) is 1.05. The summed E-state index contributed by atoms with van der Waals surface area (Å²) in [4.78, 5) is 0. The largest absolute Gasteiger partial charge is 0.508 e. The van der Waals surface area contributed by atoms with Crippen molar-refractivity contribution in [3.63, 3.8) is 0 Å². The molecule has 0 atom stereocenters. The van der Waals surface area contributed by atoms with Crippen LogP contribution in [0.25, 0.3) is 28.2 Å². The van der Waals surface area contributed by atoms with Crippen LogP contribution in [0.4, 0.5) is 17.6 Å². The number of benzene rings is 3. The lowest BCUT2D eigenvalue weighted by molar-refractivity contribution is -0.137. The molecule has 0 saturated heterocycles. The highest BCUT2D eigenvalue weighted by molar-refractivity contribution is 5.77. The van der Waals surface area contributed by atoms with Gasteiger partial charge in [0.1, 0.15) is 5.75 Å². The maximum Gasteiger partial charge on any atom is 0.418 e. The summed E-state index contributed by atoms with van der Waals surface area (Å²) in [5, 5.41) is 23.7. The standard InChI is InChI=1S/C24H18F4N2O2/c1-2-17-22(14-7-10-16(31)11-8-14)29-30(20-6-4-3-5-18(20)24(26,27)28)23(17)15-9-12-21(32)19(25)13-15/h3-13,31-32H,2H2,1H3.